The van der Waals surface area contributed by atoms with Crippen molar-refractivity contribution in [2.24, 2.45) is 0 Å². The summed E-state index contributed by atoms with van der Waals surface area (Å²) in [6.07, 6.45) is -1.14. The Hall–Kier alpha value is -1.09. The second-order valence-corrected chi connectivity index (χ2v) is 3.17. The van der Waals surface area contributed by atoms with Crippen molar-refractivity contribution in [1.29, 1.82) is 0 Å². The zero-order valence-corrected chi connectivity index (χ0v) is 7.28. The minimum Gasteiger partial charge on any atom is -0.361 e. The van der Waals surface area contributed by atoms with Crippen LogP contribution in [0.25, 0.3) is 10.9 Å². The van der Waals surface area contributed by atoms with Gasteiger partial charge in [0.15, 0.2) is 0 Å². The highest BCUT2D eigenvalue weighted by atomic mass is 35.5. The van der Waals surface area contributed by atoms with E-state index in [-0.39, 0.29) is 5.56 Å². The summed E-state index contributed by atoms with van der Waals surface area (Å²) in [7, 11) is 0. The highest BCUT2D eigenvalue weighted by molar-refractivity contribution is 6.31. The van der Waals surface area contributed by atoms with E-state index < -0.39 is 6.43 Å². The van der Waals surface area contributed by atoms with E-state index in [1.807, 2.05) is 0 Å². The van der Waals surface area contributed by atoms with Crippen molar-refractivity contribution in [1.82, 2.24) is 4.98 Å². The molecule has 1 N–H and O–H groups in total. The summed E-state index contributed by atoms with van der Waals surface area (Å²) in [4.78, 5) is 2.75. The number of nitrogens with one attached hydrogen (secondary N) is 1. The van der Waals surface area contributed by atoms with Gasteiger partial charge in [0.2, 0.25) is 0 Å². The number of hydrogen-bond acceptors (Lipinski definition) is 0. The molecule has 0 aliphatic heterocycles. The summed E-state index contributed by atoms with van der Waals surface area (Å²) < 4.78 is 24.8. The van der Waals surface area contributed by atoms with E-state index in [2.05, 4.69) is 4.98 Å². The molecule has 0 saturated carbocycles. The van der Waals surface area contributed by atoms with Crippen LogP contribution in [0.4, 0.5) is 8.78 Å². The summed E-state index contributed by atoms with van der Waals surface area (Å²) in [6, 6.07) is 4.82. The van der Waals surface area contributed by atoms with Crippen LogP contribution in [0.15, 0.2) is 24.4 Å². The lowest BCUT2D eigenvalue weighted by Gasteiger charge is -1.95. The van der Waals surface area contributed by atoms with Crippen molar-refractivity contribution in [3.8, 4) is 0 Å². The van der Waals surface area contributed by atoms with Crippen molar-refractivity contribution in [2.75, 3.05) is 0 Å². The average Bonchev–Trinajstić information content (AvgIpc) is 2.46. The van der Waals surface area contributed by atoms with Crippen LogP contribution < -0.4 is 0 Å². The number of fused-ring (bicyclic) bond motifs is 1. The Morgan fingerprint density at radius 3 is 2.77 bits per heavy atom. The van der Waals surface area contributed by atoms with Crippen LogP contribution in [0.3, 0.4) is 0 Å². The molecule has 1 nitrogen and oxygen atoms in total. The Bertz CT molecular complexity index is 436. The lowest BCUT2D eigenvalue weighted by Crippen LogP contribution is -1.79. The maximum atomic E-state index is 12.4. The van der Waals surface area contributed by atoms with Crippen LogP contribution in [0.1, 0.15) is 12.0 Å². The predicted octanol–water partition coefficient (Wildman–Crippen LogP) is 3.76. The summed E-state index contributed by atoms with van der Waals surface area (Å²) >= 11 is 5.70. The first kappa shape index (κ1) is 8.51. The third-order valence-corrected chi connectivity index (χ3v) is 2.15. The van der Waals surface area contributed by atoms with Crippen molar-refractivity contribution < 1.29 is 8.78 Å². The zero-order chi connectivity index (χ0) is 9.42. The Morgan fingerprint density at radius 1 is 1.31 bits per heavy atom. The molecule has 0 fully saturated rings. The predicted molar refractivity (Wildman–Crippen MR) is 48.3 cm³/mol. The van der Waals surface area contributed by atoms with Gasteiger partial charge in [0, 0.05) is 27.7 Å². The quantitative estimate of drug-likeness (QED) is 0.723. The van der Waals surface area contributed by atoms with E-state index in [0.29, 0.717) is 15.9 Å². The van der Waals surface area contributed by atoms with Gasteiger partial charge < -0.3 is 4.98 Å². The fourth-order valence-electron chi connectivity index (χ4n) is 1.30. The van der Waals surface area contributed by atoms with E-state index in [4.69, 9.17) is 11.6 Å². The molecule has 0 amide bonds. The first-order valence-electron chi connectivity index (χ1n) is 3.73. The monoisotopic (exact) mass is 201 g/mol. The summed E-state index contributed by atoms with van der Waals surface area (Å²) in [5.41, 5.74) is 0.662. The van der Waals surface area contributed by atoms with Crippen molar-refractivity contribution >= 4 is 22.5 Å². The van der Waals surface area contributed by atoms with E-state index in [0.717, 1.165) is 0 Å². The van der Waals surface area contributed by atoms with Crippen LogP contribution in [-0.2, 0) is 0 Å². The third-order valence-electron chi connectivity index (χ3n) is 1.91. The molecule has 0 aliphatic rings. The van der Waals surface area contributed by atoms with Gasteiger partial charge in [0.05, 0.1) is 0 Å². The molecule has 1 aromatic carbocycles. The van der Waals surface area contributed by atoms with Gasteiger partial charge in [-0.25, -0.2) is 8.78 Å². The Labute approximate surface area is 78.3 Å². The van der Waals surface area contributed by atoms with E-state index in [1.54, 1.807) is 18.2 Å². The van der Waals surface area contributed by atoms with E-state index in [1.165, 1.54) is 6.20 Å². The minimum atomic E-state index is -2.45. The fourth-order valence-corrected chi connectivity index (χ4v) is 1.47. The third kappa shape index (κ3) is 1.40. The van der Waals surface area contributed by atoms with Crippen LogP contribution in [0.2, 0.25) is 5.02 Å². The molecule has 2 rings (SSSR count). The molecule has 2 aromatic rings. The number of halogens is 3. The molecular weight excluding hydrogens is 196 g/mol. The first-order chi connectivity index (χ1) is 6.18. The van der Waals surface area contributed by atoms with Gasteiger partial charge in [-0.05, 0) is 12.1 Å². The lowest BCUT2D eigenvalue weighted by atomic mass is 10.2. The maximum absolute atomic E-state index is 12.4. The second kappa shape index (κ2) is 3.00. The SMILES string of the molecule is FC(F)c1c[nH]c2cc(Cl)ccc12. The second-order valence-electron chi connectivity index (χ2n) is 2.73. The number of benzene rings is 1. The number of alkyl halides is 2. The van der Waals surface area contributed by atoms with Crippen molar-refractivity contribution in [2.45, 2.75) is 6.43 Å². The van der Waals surface area contributed by atoms with Gasteiger partial charge in [-0.3, -0.25) is 0 Å². The maximum Gasteiger partial charge on any atom is 0.265 e. The van der Waals surface area contributed by atoms with Gasteiger partial charge in [0.25, 0.3) is 6.43 Å². The van der Waals surface area contributed by atoms with E-state index >= 15 is 0 Å². The Balaban J connectivity index is 2.69. The minimum absolute atomic E-state index is 0.0201. The highest BCUT2D eigenvalue weighted by Crippen LogP contribution is 2.28. The molecule has 1 heterocycles. The molecule has 0 aliphatic carbocycles. The van der Waals surface area contributed by atoms with Crippen LogP contribution >= 0.6 is 11.6 Å². The Kier molecular flexibility index (Phi) is 1.96. The van der Waals surface area contributed by atoms with Gasteiger partial charge in [-0.2, -0.15) is 0 Å². The van der Waals surface area contributed by atoms with Crippen LogP contribution in [0, 0.1) is 0 Å². The van der Waals surface area contributed by atoms with Gasteiger partial charge >= 0.3 is 0 Å². The van der Waals surface area contributed by atoms with E-state index in [9.17, 15) is 8.78 Å². The van der Waals surface area contributed by atoms with Crippen molar-refractivity contribution in [3.05, 3.63) is 35.0 Å². The molecule has 13 heavy (non-hydrogen) atoms. The normalized spacial score (nSPS) is 11.4. The van der Waals surface area contributed by atoms with Gasteiger partial charge in [0.1, 0.15) is 0 Å². The largest absolute Gasteiger partial charge is 0.361 e. The zero-order valence-electron chi connectivity index (χ0n) is 6.52. The summed E-state index contributed by atoms with van der Waals surface area (Å²) in [5.74, 6) is 0. The summed E-state index contributed by atoms with van der Waals surface area (Å²) in [6.45, 7) is 0. The first-order valence-corrected chi connectivity index (χ1v) is 4.11. The number of aromatic nitrogens is 1. The number of hydrogen-bond donors (Lipinski definition) is 1. The van der Waals surface area contributed by atoms with Crippen molar-refractivity contribution in [3.63, 3.8) is 0 Å². The lowest BCUT2D eigenvalue weighted by molar-refractivity contribution is 0.153. The average molecular weight is 202 g/mol. The topological polar surface area (TPSA) is 15.8 Å². The number of aromatic amines is 1. The Morgan fingerprint density at radius 2 is 2.08 bits per heavy atom. The number of rotatable bonds is 1. The molecule has 0 saturated heterocycles. The fraction of sp³-hybridized carbons (Fsp3) is 0.111. The van der Waals surface area contributed by atoms with Crippen LogP contribution in [0.5, 0.6) is 0 Å². The molecule has 1 aromatic heterocycles. The molecular formula is C9H6ClF2N. The molecule has 4 heteroatoms. The summed E-state index contributed by atoms with van der Waals surface area (Å²) in [5, 5.41) is 1.06. The molecule has 0 bridgehead atoms. The highest BCUT2D eigenvalue weighted by Gasteiger charge is 2.12. The molecule has 0 atom stereocenters. The van der Waals surface area contributed by atoms with Gasteiger partial charge in [-0.1, -0.05) is 17.7 Å². The van der Waals surface area contributed by atoms with Gasteiger partial charge in [-0.15, -0.1) is 0 Å². The smallest absolute Gasteiger partial charge is 0.265 e. The van der Waals surface area contributed by atoms with Crippen LogP contribution in [-0.4, -0.2) is 4.98 Å². The molecule has 0 spiro atoms. The molecule has 0 unspecified atom stereocenters. The molecule has 68 valence electrons. The standard InChI is InChI=1S/C9H6ClF2N/c10-5-1-2-6-7(9(11)12)4-13-8(6)3-5/h1-4,9,13H. The molecule has 0 radical (unpaired) electrons. The number of H-pyrrole nitrogens is 1.